The van der Waals surface area contributed by atoms with Gasteiger partial charge < -0.3 is 16.0 Å². The topological polar surface area (TPSA) is 117 Å². The highest BCUT2D eigenvalue weighted by molar-refractivity contribution is 7.89. The number of sulfonamides is 1. The molecule has 0 aliphatic carbocycles. The average molecular weight is 308 g/mol. The number of nitrogens with one attached hydrogen (secondary N) is 3. The van der Waals surface area contributed by atoms with Gasteiger partial charge in [0.15, 0.2) is 0 Å². The van der Waals surface area contributed by atoms with E-state index in [1.165, 1.54) is 6.20 Å². The molecule has 1 atom stereocenters. The fourth-order valence-electron chi connectivity index (χ4n) is 2.47. The summed E-state index contributed by atoms with van der Waals surface area (Å²) in [6, 6.07) is 4.24. The molecular weight excluding hydrogens is 292 g/mol. The molecule has 1 aliphatic heterocycles. The predicted molar refractivity (Wildman–Crippen MR) is 79.1 cm³/mol. The standard InChI is InChI=1S/C13H16N4O3S/c14-8-3-4-9-11(6-8)16-7-12(9)21(19,20)17-10-2-1-5-15-13(10)18/h3-4,6-7,10,16-17H,1-2,5,14H2,(H,15,18). The van der Waals surface area contributed by atoms with Crippen LogP contribution in [0.15, 0.2) is 29.3 Å². The van der Waals surface area contributed by atoms with Crippen molar-refractivity contribution in [2.45, 2.75) is 23.8 Å². The van der Waals surface area contributed by atoms with Crippen LogP contribution >= 0.6 is 0 Å². The highest BCUT2D eigenvalue weighted by Crippen LogP contribution is 2.24. The van der Waals surface area contributed by atoms with E-state index in [0.717, 1.165) is 6.42 Å². The van der Waals surface area contributed by atoms with Crippen LogP contribution in [0.1, 0.15) is 12.8 Å². The summed E-state index contributed by atoms with van der Waals surface area (Å²) in [6.07, 6.45) is 2.66. The minimum atomic E-state index is -3.77. The van der Waals surface area contributed by atoms with Gasteiger partial charge in [-0.3, -0.25) is 4.79 Å². The molecule has 21 heavy (non-hydrogen) atoms. The molecule has 0 radical (unpaired) electrons. The summed E-state index contributed by atoms with van der Waals surface area (Å²) in [5.74, 6) is -0.283. The maximum atomic E-state index is 12.5. The Balaban J connectivity index is 1.94. The smallest absolute Gasteiger partial charge is 0.243 e. The van der Waals surface area contributed by atoms with E-state index in [4.69, 9.17) is 5.73 Å². The van der Waals surface area contributed by atoms with Crippen LogP contribution in [-0.2, 0) is 14.8 Å². The molecule has 2 aromatic rings. The molecule has 1 aromatic carbocycles. The van der Waals surface area contributed by atoms with E-state index in [2.05, 4.69) is 15.0 Å². The highest BCUT2D eigenvalue weighted by atomic mass is 32.2. The molecule has 0 bridgehead atoms. The van der Waals surface area contributed by atoms with Gasteiger partial charge in [0.05, 0.1) is 0 Å². The largest absolute Gasteiger partial charge is 0.399 e. The summed E-state index contributed by atoms with van der Waals surface area (Å²) in [5.41, 5.74) is 6.86. The van der Waals surface area contributed by atoms with E-state index in [1.807, 2.05) is 0 Å². The van der Waals surface area contributed by atoms with Crippen molar-refractivity contribution in [3.05, 3.63) is 24.4 Å². The number of aromatic amines is 1. The number of nitrogen functional groups attached to an aromatic ring is 1. The maximum Gasteiger partial charge on any atom is 0.243 e. The van der Waals surface area contributed by atoms with Crippen molar-refractivity contribution in [1.82, 2.24) is 15.0 Å². The molecule has 8 heteroatoms. The molecule has 1 aromatic heterocycles. The third-order valence-corrected chi connectivity index (χ3v) is 5.05. The Kier molecular flexibility index (Phi) is 3.34. The molecular formula is C13H16N4O3S. The van der Waals surface area contributed by atoms with Gasteiger partial charge >= 0.3 is 0 Å². The zero-order valence-electron chi connectivity index (χ0n) is 11.2. The van der Waals surface area contributed by atoms with E-state index >= 15 is 0 Å². The lowest BCUT2D eigenvalue weighted by molar-refractivity contribution is -0.124. The molecule has 5 N–H and O–H groups in total. The second kappa shape index (κ2) is 5.05. The van der Waals surface area contributed by atoms with Gasteiger partial charge in [0.1, 0.15) is 10.9 Å². The first-order valence-electron chi connectivity index (χ1n) is 6.64. The van der Waals surface area contributed by atoms with Gasteiger partial charge in [-0.25, -0.2) is 8.42 Å². The number of amides is 1. The number of hydrogen-bond donors (Lipinski definition) is 4. The van der Waals surface area contributed by atoms with Crippen molar-refractivity contribution in [3.8, 4) is 0 Å². The number of nitrogens with two attached hydrogens (primary N) is 1. The maximum absolute atomic E-state index is 12.5. The second-order valence-electron chi connectivity index (χ2n) is 5.07. The van der Waals surface area contributed by atoms with Gasteiger partial charge in [0.25, 0.3) is 0 Å². The van der Waals surface area contributed by atoms with Crippen molar-refractivity contribution < 1.29 is 13.2 Å². The molecule has 1 fully saturated rings. The zero-order chi connectivity index (χ0) is 15.0. The lowest BCUT2D eigenvalue weighted by atomic mass is 10.1. The van der Waals surface area contributed by atoms with Crippen LogP contribution in [0.4, 0.5) is 5.69 Å². The molecule has 112 valence electrons. The third-order valence-electron chi connectivity index (χ3n) is 3.54. The van der Waals surface area contributed by atoms with Gasteiger partial charge in [0, 0.05) is 29.3 Å². The van der Waals surface area contributed by atoms with Gasteiger partial charge in [-0.2, -0.15) is 4.72 Å². The molecule has 1 aliphatic rings. The van der Waals surface area contributed by atoms with Gasteiger partial charge in [-0.1, -0.05) is 0 Å². The predicted octanol–water partition coefficient (Wildman–Crippen LogP) is 0.307. The van der Waals surface area contributed by atoms with Crippen molar-refractivity contribution in [2.24, 2.45) is 0 Å². The number of carbonyl (C=O) groups is 1. The third kappa shape index (κ3) is 2.59. The van der Waals surface area contributed by atoms with E-state index in [-0.39, 0.29) is 10.8 Å². The molecule has 1 amide bonds. The molecule has 3 rings (SSSR count). The summed E-state index contributed by atoms with van der Waals surface area (Å²) in [5, 5.41) is 3.20. The van der Waals surface area contributed by atoms with Crippen molar-refractivity contribution in [2.75, 3.05) is 12.3 Å². The van der Waals surface area contributed by atoms with Crippen LogP contribution in [-0.4, -0.2) is 31.9 Å². The number of rotatable bonds is 3. The van der Waals surface area contributed by atoms with Crippen LogP contribution in [0.2, 0.25) is 0 Å². The zero-order valence-corrected chi connectivity index (χ0v) is 12.0. The molecule has 0 saturated carbocycles. The fourth-order valence-corrected chi connectivity index (χ4v) is 3.88. The number of H-pyrrole nitrogens is 1. The van der Waals surface area contributed by atoms with E-state index in [9.17, 15) is 13.2 Å². The molecule has 2 heterocycles. The normalized spacial score (nSPS) is 19.6. The van der Waals surface area contributed by atoms with Crippen LogP contribution in [0.3, 0.4) is 0 Å². The van der Waals surface area contributed by atoms with Crippen LogP contribution < -0.4 is 15.8 Å². The lowest BCUT2D eigenvalue weighted by Gasteiger charge is -2.22. The number of anilines is 1. The Morgan fingerprint density at radius 2 is 2.14 bits per heavy atom. The second-order valence-corrected chi connectivity index (χ2v) is 6.75. The number of carbonyl (C=O) groups excluding carboxylic acids is 1. The molecule has 1 unspecified atom stereocenters. The van der Waals surface area contributed by atoms with Gasteiger partial charge in [-0.15, -0.1) is 0 Å². The summed E-state index contributed by atoms with van der Waals surface area (Å²) in [6.45, 7) is 0.587. The van der Waals surface area contributed by atoms with Crippen LogP contribution in [0.5, 0.6) is 0 Å². The first-order chi connectivity index (χ1) is 9.97. The van der Waals surface area contributed by atoms with Crippen molar-refractivity contribution >= 4 is 32.5 Å². The van der Waals surface area contributed by atoms with Crippen molar-refractivity contribution in [1.29, 1.82) is 0 Å². The summed E-state index contributed by atoms with van der Waals surface area (Å²) < 4.78 is 27.4. The summed E-state index contributed by atoms with van der Waals surface area (Å²) >= 11 is 0. The molecule has 1 saturated heterocycles. The minimum absolute atomic E-state index is 0.121. The van der Waals surface area contributed by atoms with Crippen LogP contribution in [0, 0.1) is 0 Å². The average Bonchev–Trinajstić information content (AvgIpc) is 2.85. The van der Waals surface area contributed by atoms with Crippen molar-refractivity contribution in [3.63, 3.8) is 0 Å². The number of hydrogen-bond acceptors (Lipinski definition) is 4. The number of benzene rings is 1. The molecule has 7 nitrogen and oxygen atoms in total. The van der Waals surface area contributed by atoms with E-state index < -0.39 is 16.1 Å². The Hall–Kier alpha value is -2.06. The number of fused-ring (bicyclic) bond motifs is 1. The quantitative estimate of drug-likeness (QED) is 0.610. The SMILES string of the molecule is Nc1ccc2c(S(=O)(=O)NC3CCCNC3=O)c[nH]c2c1. The number of piperidine rings is 1. The minimum Gasteiger partial charge on any atom is -0.399 e. The Morgan fingerprint density at radius 1 is 1.33 bits per heavy atom. The Labute approximate surface area is 122 Å². The first-order valence-corrected chi connectivity index (χ1v) is 8.12. The Morgan fingerprint density at radius 3 is 2.90 bits per heavy atom. The highest BCUT2D eigenvalue weighted by Gasteiger charge is 2.29. The summed E-state index contributed by atoms with van der Waals surface area (Å²) in [7, 11) is -3.77. The van der Waals surface area contributed by atoms with Crippen LogP contribution in [0.25, 0.3) is 10.9 Å². The monoisotopic (exact) mass is 308 g/mol. The van der Waals surface area contributed by atoms with E-state index in [1.54, 1.807) is 18.2 Å². The van der Waals surface area contributed by atoms with Gasteiger partial charge in [0.2, 0.25) is 15.9 Å². The Bertz CT molecular complexity index is 797. The lowest BCUT2D eigenvalue weighted by Crippen LogP contribution is -2.50. The summed E-state index contributed by atoms with van der Waals surface area (Å²) in [4.78, 5) is 14.7. The molecule has 0 spiro atoms. The van der Waals surface area contributed by atoms with Gasteiger partial charge in [-0.05, 0) is 31.0 Å². The fraction of sp³-hybridized carbons (Fsp3) is 0.308. The number of aromatic nitrogens is 1. The van der Waals surface area contributed by atoms with E-state index in [0.29, 0.717) is 29.6 Å². The first kappa shape index (κ1) is 13.9.